The van der Waals surface area contributed by atoms with Gasteiger partial charge in [0, 0.05) is 18.8 Å². The zero-order valence-corrected chi connectivity index (χ0v) is 11.7. The van der Waals surface area contributed by atoms with Crippen molar-refractivity contribution in [2.75, 3.05) is 0 Å². The van der Waals surface area contributed by atoms with Crippen LogP contribution in [0.4, 0.5) is 0 Å². The summed E-state index contributed by atoms with van der Waals surface area (Å²) in [4.78, 5) is 0. The highest BCUT2D eigenvalue weighted by molar-refractivity contribution is 5.28. The molecule has 0 radical (unpaired) electrons. The third kappa shape index (κ3) is 2.65. The molecule has 1 heterocycles. The Morgan fingerprint density at radius 3 is 2.72 bits per heavy atom. The topological polar surface area (TPSA) is 55.9 Å². The van der Waals surface area contributed by atoms with Gasteiger partial charge in [0.05, 0.1) is 5.69 Å². The van der Waals surface area contributed by atoms with Crippen LogP contribution in [-0.2, 0) is 13.5 Å². The van der Waals surface area contributed by atoms with Crippen LogP contribution in [0.15, 0.2) is 11.6 Å². The van der Waals surface area contributed by atoms with Crippen molar-refractivity contribution in [2.45, 2.75) is 52.0 Å². The second-order valence-corrected chi connectivity index (χ2v) is 5.22. The molecule has 0 aromatic carbocycles. The Labute approximate surface area is 109 Å². The zero-order valence-electron chi connectivity index (χ0n) is 11.7. The maximum atomic E-state index is 5.74. The minimum Gasteiger partial charge on any atom is -0.272 e. The van der Waals surface area contributed by atoms with Crippen LogP contribution in [0, 0.1) is 13.8 Å². The molecule has 18 heavy (non-hydrogen) atoms. The van der Waals surface area contributed by atoms with E-state index in [-0.39, 0.29) is 6.04 Å². The minimum absolute atomic E-state index is 0.256. The molecule has 4 nitrogen and oxygen atoms in total. The van der Waals surface area contributed by atoms with Gasteiger partial charge in [-0.25, -0.2) is 0 Å². The molecule has 1 aliphatic carbocycles. The highest BCUT2D eigenvalue weighted by atomic mass is 15.3. The summed E-state index contributed by atoms with van der Waals surface area (Å²) in [6.45, 7) is 4.20. The maximum absolute atomic E-state index is 5.74. The number of rotatable bonds is 4. The molecular weight excluding hydrogens is 224 g/mol. The first-order valence-corrected chi connectivity index (χ1v) is 6.77. The molecule has 1 unspecified atom stereocenters. The Hall–Kier alpha value is -1.13. The first kappa shape index (κ1) is 13.3. The van der Waals surface area contributed by atoms with Crippen LogP contribution >= 0.6 is 0 Å². The van der Waals surface area contributed by atoms with E-state index in [4.69, 9.17) is 5.84 Å². The van der Waals surface area contributed by atoms with Gasteiger partial charge < -0.3 is 0 Å². The first-order valence-electron chi connectivity index (χ1n) is 6.77. The van der Waals surface area contributed by atoms with Gasteiger partial charge in [-0.1, -0.05) is 11.6 Å². The van der Waals surface area contributed by atoms with Crippen LogP contribution in [0.3, 0.4) is 0 Å². The van der Waals surface area contributed by atoms with E-state index < -0.39 is 0 Å². The summed E-state index contributed by atoms with van der Waals surface area (Å²) in [5.74, 6) is 5.74. The van der Waals surface area contributed by atoms with Gasteiger partial charge in [-0.15, -0.1) is 0 Å². The zero-order chi connectivity index (χ0) is 13.1. The average Bonchev–Trinajstić information content (AvgIpc) is 2.62. The highest BCUT2D eigenvalue weighted by Crippen LogP contribution is 2.24. The van der Waals surface area contributed by atoms with Crippen LogP contribution in [-0.4, -0.2) is 15.8 Å². The van der Waals surface area contributed by atoms with Crippen molar-refractivity contribution in [1.29, 1.82) is 0 Å². The minimum atomic E-state index is 0.256. The van der Waals surface area contributed by atoms with Crippen molar-refractivity contribution in [3.05, 3.63) is 28.6 Å². The van der Waals surface area contributed by atoms with Crippen molar-refractivity contribution in [1.82, 2.24) is 15.2 Å². The van der Waals surface area contributed by atoms with Gasteiger partial charge in [0.25, 0.3) is 0 Å². The lowest BCUT2D eigenvalue weighted by Crippen LogP contribution is -2.39. The molecule has 100 valence electrons. The standard InChI is InChI=1S/C14H24N4/c1-10-13(11(2)18(3)17-10)9-14(16-15)12-7-5-4-6-8-12/h7,14,16H,4-6,8-9,15H2,1-3H3. The molecule has 0 fully saturated rings. The summed E-state index contributed by atoms with van der Waals surface area (Å²) < 4.78 is 1.95. The van der Waals surface area contributed by atoms with E-state index in [1.165, 1.54) is 42.5 Å². The lowest BCUT2D eigenvalue weighted by molar-refractivity contribution is 0.540. The second-order valence-electron chi connectivity index (χ2n) is 5.22. The largest absolute Gasteiger partial charge is 0.272 e. The van der Waals surface area contributed by atoms with Crippen LogP contribution in [0.2, 0.25) is 0 Å². The van der Waals surface area contributed by atoms with Gasteiger partial charge in [-0.05, 0) is 51.5 Å². The fraction of sp³-hybridized carbons (Fsp3) is 0.643. The predicted molar refractivity (Wildman–Crippen MR) is 74.0 cm³/mol. The Morgan fingerprint density at radius 2 is 2.22 bits per heavy atom. The number of allylic oxidation sites excluding steroid dienone is 1. The van der Waals surface area contributed by atoms with E-state index in [9.17, 15) is 0 Å². The van der Waals surface area contributed by atoms with E-state index in [1.807, 2.05) is 11.7 Å². The van der Waals surface area contributed by atoms with Gasteiger partial charge in [-0.3, -0.25) is 16.0 Å². The summed E-state index contributed by atoms with van der Waals surface area (Å²) >= 11 is 0. The summed E-state index contributed by atoms with van der Waals surface area (Å²) in [7, 11) is 2.00. The highest BCUT2D eigenvalue weighted by Gasteiger charge is 2.19. The molecule has 4 heteroatoms. The van der Waals surface area contributed by atoms with Gasteiger partial charge >= 0.3 is 0 Å². The van der Waals surface area contributed by atoms with Crippen molar-refractivity contribution in [3.63, 3.8) is 0 Å². The fourth-order valence-electron chi connectivity index (χ4n) is 2.79. The van der Waals surface area contributed by atoms with Gasteiger partial charge in [0.1, 0.15) is 0 Å². The number of aryl methyl sites for hydroxylation is 2. The number of nitrogens with one attached hydrogen (secondary N) is 1. The summed E-state index contributed by atoms with van der Waals surface area (Å²) in [5.41, 5.74) is 8.13. The van der Waals surface area contributed by atoms with Crippen molar-refractivity contribution < 1.29 is 0 Å². The summed E-state index contributed by atoms with van der Waals surface area (Å²) in [6.07, 6.45) is 8.26. The maximum Gasteiger partial charge on any atom is 0.0629 e. The van der Waals surface area contributed by atoms with E-state index in [2.05, 4.69) is 30.4 Å². The van der Waals surface area contributed by atoms with E-state index >= 15 is 0 Å². The number of hydrogen-bond acceptors (Lipinski definition) is 3. The number of nitrogens with two attached hydrogens (primary N) is 1. The third-order valence-corrected chi connectivity index (χ3v) is 4.04. The number of aromatic nitrogens is 2. The molecule has 1 atom stereocenters. The molecule has 0 aliphatic heterocycles. The molecule has 0 saturated heterocycles. The Morgan fingerprint density at radius 1 is 1.44 bits per heavy atom. The lowest BCUT2D eigenvalue weighted by Gasteiger charge is -2.22. The predicted octanol–water partition coefficient (Wildman–Crippen LogP) is 1.91. The van der Waals surface area contributed by atoms with Gasteiger partial charge in [0.15, 0.2) is 0 Å². The Bertz CT molecular complexity index is 445. The lowest BCUT2D eigenvalue weighted by atomic mass is 9.90. The molecule has 1 aromatic heterocycles. The molecule has 1 aromatic rings. The second kappa shape index (κ2) is 5.67. The van der Waals surface area contributed by atoms with Crippen LogP contribution < -0.4 is 11.3 Å². The molecule has 1 aliphatic rings. The smallest absolute Gasteiger partial charge is 0.0629 e. The third-order valence-electron chi connectivity index (χ3n) is 4.04. The summed E-state index contributed by atoms with van der Waals surface area (Å²) in [5, 5.41) is 4.47. The molecule has 2 rings (SSSR count). The molecule has 0 spiro atoms. The molecule has 3 N–H and O–H groups in total. The molecule has 0 bridgehead atoms. The quantitative estimate of drug-likeness (QED) is 0.486. The normalized spacial score (nSPS) is 17.7. The van der Waals surface area contributed by atoms with Crippen molar-refractivity contribution in [2.24, 2.45) is 12.9 Å². The molecular formula is C14H24N4. The fourth-order valence-corrected chi connectivity index (χ4v) is 2.79. The Balaban J connectivity index is 2.17. The van der Waals surface area contributed by atoms with Crippen molar-refractivity contribution in [3.8, 4) is 0 Å². The SMILES string of the molecule is Cc1nn(C)c(C)c1CC(NN)C1=CCCCC1. The van der Waals surface area contributed by atoms with E-state index in [0.717, 1.165) is 12.1 Å². The molecule has 0 amide bonds. The van der Waals surface area contributed by atoms with E-state index in [0.29, 0.717) is 0 Å². The van der Waals surface area contributed by atoms with Crippen LogP contribution in [0.25, 0.3) is 0 Å². The number of hydrazine groups is 1. The van der Waals surface area contributed by atoms with E-state index in [1.54, 1.807) is 0 Å². The average molecular weight is 248 g/mol. The van der Waals surface area contributed by atoms with Gasteiger partial charge in [0.2, 0.25) is 0 Å². The monoisotopic (exact) mass is 248 g/mol. The van der Waals surface area contributed by atoms with Crippen LogP contribution in [0.5, 0.6) is 0 Å². The first-order chi connectivity index (χ1) is 8.63. The van der Waals surface area contributed by atoms with Crippen molar-refractivity contribution >= 4 is 0 Å². The Kier molecular flexibility index (Phi) is 4.19. The molecule has 0 saturated carbocycles. The van der Waals surface area contributed by atoms with Crippen LogP contribution in [0.1, 0.15) is 42.6 Å². The number of hydrogen-bond donors (Lipinski definition) is 2. The van der Waals surface area contributed by atoms with Gasteiger partial charge in [-0.2, -0.15) is 5.10 Å². The number of nitrogens with zero attached hydrogens (tertiary/aromatic N) is 2. The summed E-state index contributed by atoms with van der Waals surface area (Å²) in [6, 6.07) is 0.256.